The summed E-state index contributed by atoms with van der Waals surface area (Å²) in [4.78, 5) is 0. The van der Waals surface area contributed by atoms with Crippen molar-refractivity contribution in [2.75, 3.05) is 6.61 Å². The van der Waals surface area contributed by atoms with E-state index >= 15 is 0 Å². The number of hydrogen-bond donors (Lipinski definition) is 1. The first-order valence-electron chi connectivity index (χ1n) is 15.4. The Kier molecular flexibility index (Phi) is 5.70. The summed E-state index contributed by atoms with van der Waals surface area (Å²) in [6, 6.07) is 2.52. The van der Waals surface area contributed by atoms with E-state index in [0.717, 1.165) is 24.0 Å². The van der Waals surface area contributed by atoms with E-state index in [0.29, 0.717) is 17.9 Å². The zero-order valence-electron chi connectivity index (χ0n) is 25.0. The van der Waals surface area contributed by atoms with Gasteiger partial charge in [0.1, 0.15) is 11.4 Å². The van der Waals surface area contributed by atoms with E-state index in [9.17, 15) is 5.11 Å². The van der Waals surface area contributed by atoms with Gasteiger partial charge in [0, 0.05) is 12.0 Å². The van der Waals surface area contributed by atoms with Crippen LogP contribution in [0.4, 0.5) is 0 Å². The lowest BCUT2D eigenvalue weighted by Crippen LogP contribution is -2.57. The lowest BCUT2D eigenvalue weighted by Gasteiger charge is -2.65. The van der Waals surface area contributed by atoms with Crippen molar-refractivity contribution in [3.05, 3.63) is 40.0 Å². The van der Waals surface area contributed by atoms with Crippen molar-refractivity contribution in [3.63, 3.8) is 0 Å². The van der Waals surface area contributed by atoms with Gasteiger partial charge in [-0.2, -0.15) is 0 Å². The van der Waals surface area contributed by atoms with Crippen LogP contribution >= 0.6 is 0 Å². The van der Waals surface area contributed by atoms with Crippen LogP contribution < -0.4 is 4.74 Å². The lowest BCUT2D eigenvalue weighted by atomic mass is 9.40. The molecule has 1 aromatic rings. The van der Waals surface area contributed by atoms with Gasteiger partial charge in [0.15, 0.2) is 0 Å². The molecule has 6 atom stereocenters. The number of fused-ring (bicyclic) bond motifs is 7. The molecule has 0 bridgehead atoms. The Morgan fingerprint density at radius 3 is 2.32 bits per heavy atom. The number of hydrogen-bond acceptors (Lipinski definition) is 2. The van der Waals surface area contributed by atoms with Gasteiger partial charge in [-0.25, -0.2) is 0 Å². The molecule has 4 saturated carbocycles. The van der Waals surface area contributed by atoms with Crippen LogP contribution in [0.1, 0.15) is 122 Å². The molecule has 1 aromatic carbocycles. The van der Waals surface area contributed by atoms with Crippen LogP contribution in [0, 0.1) is 47.8 Å². The summed E-state index contributed by atoms with van der Waals surface area (Å²) in [5.41, 5.74) is 8.45. The zero-order chi connectivity index (χ0) is 26.6. The Morgan fingerprint density at radius 2 is 1.65 bits per heavy atom. The van der Waals surface area contributed by atoms with E-state index in [1.807, 2.05) is 0 Å². The third kappa shape index (κ3) is 3.74. The first-order chi connectivity index (χ1) is 17.3. The Bertz CT molecular complexity index is 1140. The standard InChI is InChI=1S/C35H52O2/c1-22-19-27-25(23(2)30(22)37-31(3,4)24-9-10-24)11-12-29-34(27,7)14-13-26-28-20-32(5,21-36)15-16-33(28,6)17-18-35(26,29)8/h12,19,24,26,28,36H,9-11,13-18,20-21H2,1-8H3/t26?,28?,32-,33?,34?,35?/m1/s1. The van der Waals surface area contributed by atoms with Crippen molar-refractivity contribution >= 4 is 0 Å². The predicted octanol–water partition coefficient (Wildman–Crippen LogP) is 8.63. The van der Waals surface area contributed by atoms with Crippen molar-refractivity contribution in [3.8, 4) is 5.75 Å². The van der Waals surface area contributed by atoms with E-state index in [-0.39, 0.29) is 21.8 Å². The Morgan fingerprint density at radius 1 is 0.946 bits per heavy atom. The maximum absolute atomic E-state index is 10.3. The monoisotopic (exact) mass is 504 g/mol. The molecule has 204 valence electrons. The number of benzene rings is 1. The quantitative estimate of drug-likeness (QED) is 0.416. The molecular weight excluding hydrogens is 452 g/mol. The van der Waals surface area contributed by atoms with Gasteiger partial charge >= 0.3 is 0 Å². The van der Waals surface area contributed by atoms with Crippen LogP contribution in [-0.4, -0.2) is 17.3 Å². The van der Waals surface area contributed by atoms with Gasteiger partial charge in [0.05, 0.1) is 0 Å². The fourth-order valence-electron chi connectivity index (χ4n) is 9.96. The second-order valence-electron chi connectivity index (χ2n) is 15.8. The van der Waals surface area contributed by atoms with Gasteiger partial charge in [-0.1, -0.05) is 45.4 Å². The zero-order valence-corrected chi connectivity index (χ0v) is 25.0. The molecule has 2 nitrogen and oxygen atoms in total. The van der Waals surface area contributed by atoms with Crippen molar-refractivity contribution in [2.24, 2.45) is 34.0 Å². The summed E-state index contributed by atoms with van der Waals surface area (Å²) in [6.45, 7) is 19.7. The molecule has 0 heterocycles. The Hall–Kier alpha value is -1.28. The number of rotatable bonds is 4. The third-order valence-corrected chi connectivity index (χ3v) is 12.8. The summed E-state index contributed by atoms with van der Waals surface area (Å²) in [6.07, 6.45) is 15.2. The predicted molar refractivity (Wildman–Crippen MR) is 153 cm³/mol. The number of aliphatic hydroxyl groups excluding tert-OH is 1. The molecule has 0 amide bonds. The van der Waals surface area contributed by atoms with Gasteiger partial charge in [-0.05, 0) is 148 Å². The van der Waals surface area contributed by atoms with E-state index in [1.165, 1.54) is 74.5 Å². The Balaban J connectivity index is 1.37. The summed E-state index contributed by atoms with van der Waals surface area (Å²) in [5, 5.41) is 10.3. The highest BCUT2D eigenvalue weighted by atomic mass is 16.5. The maximum atomic E-state index is 10.3. The van der Waals surface area contributed by atoms with Gasteiger partial charge in [-0.3, -0.25) is 0 Å². The first kappa shape index (κ1) is 26.0. The van der Waals surface area contributed by atoms with Crippen molar-refractivity contribution < 1.29 is 9.84 Å². The molecule has 0 radical (unpaired) electrons. The molecule has 4 fully saturated rings. The Labute approximate surface area is 226 Å². The van der Waals surface area contributed by atoms with Crippen LogP contribution in [0.3, 0.4) is 0 Å². The molecule has 0 saturated heterocycles. The maximum Gasteiger partial charge on any atom is 0.126 e. The summed E-state index contributed by atoms with van der Waals surface area (Å²) < 4.78 is 6.79. The largest absolute Gasteiger partial charge is 0.487 e. The molecule has 6 rings (SSSR count). The molecule has 5 unspecified atom stereocenters. The minimum absolute atomic E-state index is 0.0767. The third-order valence-electron chi connectivity index (χ3n) is 12.8. The molecule has 0 aromatic heterocycles. The van der Waals surface area contributed by atoms with Crippen molar-refractivity contribution in [1.82, 2.24) is 0 Å². The number of aliphatic hydroxyl groups is 1. The highest BCUT2D eigenvalue weighted by Gasteiger charge is 2.61. The smallest absolute Gasteiger partial charge is 0.126 e. The van der Waals surface area contributed by atoms with E-state index in [2.05, 4.69) is 67.5 Å². The van der Waals surface area contributed by atoms with E-state index < -0.39 is 0 Å². The molecule has 0 aliphatic heterocycles. The van der Waals surface area contributed by atoms with Crippen molar-refractivity contribution in [2.45, 2.75) is 131 Å². The molecule has 37 heavy (non-hydrogen) atoms. The fourth-order valence-corrected chi connectivity index (χ4v) is 9.96. The van der Waals surface area contributed by atoms with Crippen molar-refractivity contribution in [1.29, 1.82) is 0 Å². The van der Waals surface area contributed by atoms with Crippen LogP contribution in [0.15, 0.2) is 17.7 Å². The van der Waals surface area contributed by atoms with Crippen LogP contribution in [0.5, 0.6) is 5.75 Å². The molecule has 5 aliphatic rings. The molecular formula is C35H52O2. The first-order valence-corrected chi connectivity index (χ1v) is 15.4. The summed E-state index contributed by atoms with van der Waals surface area (Å²) in [7, 11) is 0. The molecule has 1 N–H and O–H groups in total. The highest BCUT2D eigenvalue weighted by molar-refractivity contribution is 5.58. The van der Waals surface area contributed by atoms with Crippen LogP contribution in [0.25, 0.3) is 0 Å². The van der Waals surface area contributed by atoms with E-state index in [1.54, 1.807) is 11.1 Å². The van der Waals surface area contributed by atoms with Gasteiger partial charge in [0.2, 0.25) is 0 Å². The number of allylic oxidation sites excluding steroid dienone is 2. The van der Waals surface area contributed by atoms with Gasteiger partial charge < -0.3 is 9.84 Å². The minimum Gasteiger partial charge on any atom is -0.487 e. The van der Waals surface area contributed by atoms with Crippen LogP contribution in [-0.2, 0) is 11.8 Å². The minimum atomic E-state index is -0.0767. The average Bonchev–Trinajstić information content (AvgIpc) is 3.69. The molecule has 0 spiro atoms. The van der Waals surface area contributed by atoms with Gasteiger partial charge in [0.25, 0.3) is 0 Å². The molecule has 5 aliphatic carbocycles. The second kappa shape index (κ2) is 8.12. The highest BCUT2D eigenvalue weighted by Crippen LogP contribution is 2.69. The van der Waals surface area contributed by atoms with E-state index in [4.69, 9.17) is 4.74 Å². The number of ether oxygens (including phenoxy) is 1. The normalized spacial score (nSPS) is 41.2. The van der Waals surface area contributed by atoms with Crippen LogP contribution in [0.2, 0.25) is 0 Å². The second-order valence-corrected chi connectivity index (χ2v) is 15.8. The lowest BCUT2D eigenvalue weighted by molar-refractivity contribution is -0.109. The number of aryl methyl sites for hydroxylation is 1. The summed E-state index contributed by atoms with van der Waals surface area (Å²) in [5.74, 6) is 3.32. The SMILES string of the molecule is Cc1cc2c(c(C)c1OC(C)(C)C1CC1)CC=C1C2(C)CCC2C3C[C@](C)(CO)CCC3(C)CCC12C. The molecule has 2 heteroatoms. The average molecular weight is 505 g/mol. The fraction of sp³-hybridized carbons (Fsp3) is 0.771. The van der Waals surface area contributed by atoms with Gasteiger partial charge in [-0.15, -0.1) is 0 Å². The summed E-state index contributed by atoms with van der Waals surface area (Å²) >= 11 is 0. The topological polar surface area (TPSA) is 29.5 Å².